The van der Waals surface area contributed by atoms with Crippen LogP contribution in [-0.4, -0.2) is 17.0 Å². The van der Waals surface area contributed by atoms with E-state index in [4.69, 9.17) is 0 Å². The Kier molecular flexibility index (Phi) is 3.31. The lowest BCUT2D eigenvalue weighted by Gasteiger charge is -2.06. The zero-order chi connectivity index (χ0) is 10.8. The molecule has 1 aromatic carbocycles. The van der Waals surface area contributed by atoms with Gasteiger partial charge < -0.3 is 5.32 Å². The SMILES string of the molecule is CC1CSC(Nc2ccc(F)cc2Br)=N1. The molecule has 0 amide bonds. The normalized spacial score (nSPS) is 20.2. The molecule has 1 unspecified atom stereocenters. The van der Waals surface area contributed by atoms with E-state index < -0.39 is 0 Å². The van der Waals surface area contributed by atoms with Crippen LogP contribution in [0, 0.1) is 5.82 Å². The summed E-state index contributed by atoms with van der Waals surface area (Å²) < 4.78 is 13.5. The van der Waals surface area contributed by atoms with Crippen molar-refractivity contribution in [2.75, 3.05) is 11.1 Å². The van der Waals surface area contributed by atoms with Crippen LogP contribution in [0.1, 0.15) is 6.92 Å². The summed E-state index contributed by atoms with van der Waals surface area (Å²) in [4.78, 5) is 4.40. The van der Waals surface area contributed by atoms with Crippen molar-refractivity contribution in [2.24, 2.45) is 4.99 Å². The molecule has 0 saturated heterocycles. The highest BCUT2D eigenvalue weighted by Crippen LogP contribution is 2.26. The number of hydrogen-bond donors (Lipinski definition) is 1. The first-order valence-electron chi connectivity index (χ1n) is 4.58. The predicted octanol–water partition coefficient (Wildman–Crippen LogP) is 3.49. The van der Waals surface area contributed by atoms with Crippen LogP contribution >= 0.6 is 27.7 Å². The van der Waals surface area contributed by atoms with Gasteiger partial charge in [0.1, 0.15) is 5.82 Å². The van der Waals surface area contributed by atoms with Crippen molar-refractivity contribution in [1.82, 2.24) is 0 Å². The molecule has 1 atom stereocenters. The van der Waals surface area contributed by atoms with Gasteiger partial charge in [0.25, 0.3) is 0 Å². The molecule has 80 valence electrons. The summed E-state index contributed by atoms with van der Waals surface area (Å²) in [6.07, 6.45) is 0. The van der Waals surface area contributed by atoms with Crippen LogP contribution in [0.2, 0.25) is 0 Å². The third-order valence-electron chi connectivity index (χ3n) is 1.97. The Morgan fingerprint density at radius 3 is 3.00 bits per heavy atom. The molecule has 0 aliphatic carbocycles. The number of benzene rings is 1. The van der Waals surface area contributed by atoms with Gasteiger partial charge in [-0.1, -0.05) is 11.8 Å². The van der Waals surface area contributed by atoms with Crippen molar-refractivity contribution in [3.63, 3.8) is 0 Å². The Bertz CT molecular complexity index is 408. The maximum Gasteiger partial charge on any atom is 0.161 e. The van der Waals surface area contributed by atoms with Crippen LogP contribution in [0.3, 0.4) is 0 Å². The molecule has 0 fully saturated rings. The molecule has 5 heteroatoms. The van der Waals surface area contributed by atoms with Gasteiger partial charge in [0.2, 0.25) is 0 Å². The number of nitrogens with zero attached hydrogens (tertiary/aromatic N) is 1. The van der Waals surface area contributed by atoms with Crippen molar-refractivity contribution in [1.29, 1.82) is 0 Å². The molecule has 0 spiro atoms. The zero-order valence-corrected chi connectivity index (χ0v) is 10.5. The summed E-state index contributed by atoms with van der Waals surface area (Å²) in [5, 5.41) is 4.06. The van der Waals surface area contributed by atoms with Gasteiger partial charge in [-0.25, -0.2) is 4.39 Å². The lowest BCUT2D eigenvalue weighted by Crippen LogP contribution is -2.05. The van der Waals surface area contributed by atoms with E-state index >= 15 is 0 Å². The highest BCUT2D eigenvalue weighted by Gasteiger charge is 2.14. The number of hydrogen-bond acceptors (Lipinski definition) is 3. The summed E-state index contributed by atoms with van der Waals surface area (Å²) in [6.45, 7) is 2.07. The molecule has 1 aromatic rings. The van der Waals surface area contributed by atoms with Gasteiger partial charge >= 0.3 is 0 Å². The fraction of sp³-hybridized carbons (Fsp3) is 0.300. The van der Waals surface area contributed by atoms with Crippen molar-refractivity contribution < 1.29 is 4.39 Å². The number of thioether (sulfide) groups is 1. The summed E-state index contributed by atoms with van der Waals surface area (Å²) in [6, 6.07) is 4.92. The maximum absolute atomic E-state index is 12.8. The van der Waals surface area contributed by atoms with Crippen LogP contribution < -0.4 is 5.32 Å². The molecule has 0 saturated carbocycles. The van der Waals surface area contributed by atoms with E-state index in [9.17, 15) is 4.39 Å². The lowest BCUT2D eigenvalue weighted by molar-refractivity contribution is 0.627. The number of amidine groups is 1. The third-order valence-corrected chi connectivity index (χ3v) is 3.76. The van der Waals surface area contributed by atoms with Gasteiger partial charge in [-0.15, -0.1) is 0 Å². The Morgan fingerprint density at radius 2 is 2.40 bits per heavy atom. The number of rotatable bonds is 1. The van der Waals surface area contributed by atoms with Crippen LogP contribution in [0.4, 0.5) is 10.1 Å². The standard InChI is InChI=1S/C10H10BrFN2S/c1-6-5-15-10(13-6)14-9-3-2-7(12)4-8(9)11/h2-4,6H,5H2,1H3,(H,13,14). The van der Waals surface area contributed by atoms with Gasteiger partial charge in [0.15, 0.2) is 5.17 Å². The smallest absolute Gasteiger partial charge is 0.161 e. The topological polar surface area (TPSA) is 24.4 Å². The second-order valence-electron chi connectivity index (χ2n) is 3.34. The van der Waals surface area contributed by atoms with Crippen molar-refractivity contribution in [3.05, 3.63) is 28.5 Å². The largest absolute Gasteiger partial charge is 0.334 e. The Hall–Kier alpha value is -0.550. The lowest BCUT2D eigenvalue weighted by atomic mass is 10.3. The van der Waals surface area contributed by atoms with E-state index in [1.54, 1.807) is 17.8 Å². The second-order valence-corrected chi connectivity index (χ2v) is 5.21. The van der Waals surface area contributed by atoms with Gasteiger partial charge in [0.05, 0.1) is 11.7 Å². The predicted molar refractivity (Wildman–Crippen MR) is 67.1 cm³/mol. The van der Waals surface area contributed by atoms with Crippen molar-refractivity contribution in [3.8, 4) is 0 Å². The Labute approximate surface area is 100 Å². The average molecular weight is 289 g/mol. The molecule has 1 aliphatic heterocycles. The monoisotopic (exact) mass is 288 g/mol. The molecular weight excluding hydrogens is 279 g/mol. The molecule has 1 aliphatic rings. The molecule has 2 rings (SSSR count). The van der Waals surface area contributed by atoms with Gasteiger partial charge in [-0.2, -0.15) is 0 Å². The van der Waals surface area contributed by atoms with E-state index in [-0.39, 0.29) is 5.82 Å². The summed E-state index contributed by atoms with van der Waals surface area (Å²) >= 11 is 4.99. The first-order chi connectivity index (χ1) is 7.15. The van der Waals surface area contributed by atoms with Crippen LogP contribution in [0.15, 0.2) is 27.7 Å². The molecule has 1 heterocycles. The second kappa shape index (κ2) is 4.53. The van der Waals surface area contributed by atoms with Gasteiger partial charge in [-0.05, 0) is 41.1 Å². The fourth-order valence-corrected chi connectivity index (χ4v) is 2.61. The summed E-state index contributed by atoms with van der Waals surface area (Å²) in [7, 11) is 0. The minimum absolute atomic E-state index is 0.248. The van der Waals surface area contributed by atoms with Crippen molar-refractivity contribution >= 4 is 38.5 Å². The highest BCUT2D eigenvalue weighted by molar-refractivity contribution is 9.10. The number of halogens is 2. The summed E-state index contributed by atoms with van der Waals surface area (Å²) in [5.41, 5.74) is 0.844. The fourth-order valence-electron chi connectivity index (χ4n) is 1.25. The minimum atomic E-state index is -0.248. The summed E-state index contributed by atoms with van der Waals surface area (Å²) in [5.74, 6) is 0.753. The van der Waals surface area contributed by atoms with Crippen LogP contribution in [0.5, 0.6) is 0 Å². The van der Waals surface area contributed by atoms with E-state index in [0.29, 0.717) is 10.5 Å². The Balaban J connectivity index is 2.14. The molecular formula is C10H10BrFN2S. The molecule has 1 N–H and O–H groups in total. The third kappa shape index (κ3) is 2.72. The molecule has 0 aromatic heterocycles. The molecule has 0 radical (unpaired) electrons. The minimum Gasteiger partial charge on any atom is -0.334 e. The maximum atomic E-state index is 12.8. The van der Waals surface area contributed by atoms with Gasteiger partial charge in [0, 0.05) is 10.2 Å². The number of aliphatic imine (C=N–C) groups is 1. The average Bonchev–Trinajstić information content (AvgIpc) is 2.56. The number of nitrogens with one attached hydrogen (secondary N) is 1. The quantitative estimate of drug-likeness (QED) is 0.855. The van der Waals surface area contributed by atoms with Gasteiger partial charge in [-0.3, -0.25) is 4.99 Å². The Morgan fingerprint density at radius 1 is 1.60 bits per heavy atom. The highest BCUT2D eigenvalue weighted by atomic mass is 79.9. The van der Waals surface area contributed by atoms with E-state index in [0.717, 1.165) is 16.6 Å². The number of anilines is 1. The first kappa shape index (κ1) is 11.0. The zero-order valence-electron chi connectivity index (χ0n) is 8.13. The van der Waals surface area contributed by atoms with E-state index in [1.807, 2.05) is 0 Å². The van der Waals surface area contributed by atoms with Crippen LogP contribution in [-0.2, 0) is 0 Å². The molecule has 2 nitrogen and oxygen atoms in total. The molecule has 15 heavy (non-hydrogen) atoms. The van der Waals surface area contributed by atoms with E-state index in [2.05, 4.69) is 33.2 Å². The van der Waals surface area contributed by atoms with E-state index in [1.165, 1.54) is 12.1 Å². The first-order valence-corrected chi connectivity index (χ1v) is 6.35. The molecule has 0 bridgehead atoms. The van der Waals surface area contributed by atoms with Crippen molar-refractivity contribution in [2.45, 2.75) is 13.0 Å². The van der Waals surface area contributed by atoms with Crippen LogP contribution in [0.25, 0.3) is 0 Å².